The van der Waals surface area contributed by atoms with Crippen LogP contribution in [0, 0.1) is 12.8 Å². The normalized spacial score (nSPS) is 18.0. The number of nitrogens with zero attached hydrogens (tertiary/aromatic N) is 1. The van der Waals surface area contributed by atoms with E-state index in [1.54, 1.807) is 11.8 Å². The molecule has 2 amide bonds. The summed E-state index contributed by atoms with van der Waals surface area (Å²) >= 11 is 1.57. The van der Waals surface area contributed by atoms with Gasteiger partial charge in [-0.05, 0) is 51.0 Å². The molecule has 142 valence electrons. The molecule has 5 heteroatoms. The van der Waals surface area contributed by atoms with E-state index in [4.69, 9.17) is 0 Å². The van der Waals surface area contributed by atoms with Crippen molar-refractivity contribution in [1.29, 1.82) is 0 Å². The molecule has 2 aromatic rings. The van der Waals surface area contributed by atoms with Gasteiger partial charge in [0.2, 0.25) is 11.8 Å². The number of hydrogen-bond acceptors (Lipinski definition) is 3. The van der Waals surface area contributed by atoms with E-state index in [9.17, 15) is 9.59 Å². The summed E-state index contributed by atoms with van der Waals surface area (Å²) in [7, 11) is 0. The number of aryl methyl sites for hydroxylation is 1. The molecule has 0 saturated carbocycles. The molecule has 2 unspecified atom stereocenters. The number of piperidine rings is 1. The van der Waals surface area contributed by atoms with E-state index in [0.717, 1.165) is 30.0 Å². The molecule has 3 rings (SSSR count). The number of para-hydroxylation sites is 1. The van der Waals surface area contributed by atoms with Crippen LogP contribution in [0.3, 0.4) is 0 Å². The van der Waals surface area contributed by atoms with Crippen LogP contribution in [0.15, 0.2) is 59.5 Å². The van der Waals surface area contributed by atoms with Crippen LogP contribution < -0.4 is 5.32 Å². The van der Waals surface area contributed by atoms with Crippen LogP contribution in [0.25, 0.3) is 0 Å². The summed E-state index contributed by atoms with van der Waals surface area (Å²) in [6.45, 7) is 5.22. The first-order chi connectivity index (χ1) is 13.0. The topological polar surface area (TPSA) is 49.4 Å². The number of carbonyl (C=O) groups excluding carboxylic acids is 2. The summed E-state index contributed by atoms with van der Waals surface area (Å²) in [6.07, 6.45) is 1.68. The van der Waals surface area contributed by atoms with E-state index in [2.05, 4.69) is 36.5 Å². The minimum Gasteiger partial charge on any atom is -0.341 e. The third-order valence-electron chi connectivity index (χ3n) is 4.83. The van der Waals surface area contributed by atoms with Crippen molar-refractivity contribution in [3.63, 3.8) is 0 Å². The van der Waals surface area contributed by atoms with Gasteiger partial charge in [0.1, 0.15) is 0 Å². The van der Waals surface area contributed by atoms with Crippen LogP contribution in [0.2, 0.25) is 0 Å². The van der Waals surface area contributed by atoms with Gasteiger partial charge in [0.25, 0.3) is 0 Å². The van der Waals surface area contributed by atoms with Crippen LogP contribution in [-0.2, 0) is 9.59 Å². The zero-order valence-electron chi connectivity index (χ0n) is 15.9. The molecule has 0 spiro atoms. The number of nitrogens with one attached hydrogen (secondary N) is 1. The fourth-order valence-corrected chi connectivity index (χ4v) is 4.24. The van der Waals surface area contributed by atoms with Crippen molar-refractivity contribution in [1.82, 2.24) is 4.90 Å². The van der Waals surface area contributed by atoms with E-state index in [1.807, 2.05) is 42.2 Å². The number of hydrogen-bond donors (Lipinski definition) is 1. The van der Waals surface area contributed by atoms with Gasteiger partial charge >= 0.3 is 0 Å². The standard InChI is InChI=1S/C22H26N2O2S/c1-16-10-12-20(13-11-16)27-17(2)22(26)24-14-6-7-18(15-24)21(25)23-19-8-4-3-5-9-19/h3-5,8-13,17-18H,6-7,14-15H2,1-2H3,(H,23,25). The third-order valence-corrected chi connectivity index (χ3v) is 5.93. The van der Waals surface area contributed by atoms with Gasteiger partial charge in [-0.15, -0.1) is 11.8 Å². The van der Waals surface area contributed by atoms with Crippen molar-refractivity contribution >= 4 is 29.3 Å². The first-order valence-corrected chi connectivity index (χ1v) is 10.3. The fourth-order valence-electron chi connectivity index (χ4n) is 3.29. The molecule has 1 aliphatic heterocycles. The Morgan fingerprint density at radius 2 is 1.81 bits per heavy atom. The Hall–Kier alpha value is -2.27. The van der Waals surface area contributed by atoms with Crippen molar-refractivity contribution in [3.8, 4) is 0 Å². The number of amides is 2. The summed E-state index contributed by atoms with van der Waals surface area (Å²) in [5, 5.41) is 2.80. The molecule has 2 atom stereocenters. The summed E-state index contributed by atoms with van der Waals surface area (Å²) < 4.78 is 0. The zero-order chi connectivity index (χ0) is 19.2. The predicted octanol–water partition coefficient (Wildman–Crippen LogP) is 4.35. The molecule has 0 radical (unpaired) electrons. The van der Waals surface area contributed by atoms with Gasteiger partial charge in [0.15, 0.2) is 0 Å². The van der Waals surface area contributed by atoms with Crippen LogP contribution in [0.5, 0.6) is 0 Å². The molecule has 0 aromatic heterocycles. The molecular weight excluding hydrogens is 356 g/mol. The number of rotatable bonds is 5. The highest BCUT2D eigenvalue weighted by molar-refractivity contribution is 8.00. The lowest BCUT2D eigenvalue weighted by atomic mass is 9.96. The average molecular weight is 383 g/mol. The maximum atomic E-state index is 12.9. The SMILES string of the molecule is Cc1ccc(SC(C)C(=O)N2CCCC(C(=O)Nc3ccccc3)C2)cc1. The van der Waals surface area contributed by atoms with Crippen molar-refractivity contribution < 1.29 is 9.59 Å². The number of benzene rings is 2. The third kappa shape index (κ3) is 5.36. The Kier molecular flexibility index (Phi) is 6.56. The largest absolute Gasteiger partial charge is 0.341 e. The first kappa shape index (κ1) is 19.5. The Morgan fingerprint density at radius 1 is 1.11 bits per heavy atom. The first-order valence-electron chi connectivity index (χ1n) is 9.41. The van der Waals surface area contributed by atoms with Crippen LogP contribution in [0.1, 0.15) is 25.3 Å². The highest BCUT2D eigenvalue weighted by Gasteiger charge is 2.30. The van der Waals surface area contributed by atoms with Gasteiger partial charge < -0.3 is 10.2 Å². The molecule has 1 fully saturated rings. The number of carbonyl (C=O) groups is 2. The molecular formula is C22H26N2O2S. The monoisotopic (exact) mass is 382 g/mol. The summed E-state index contributed by atoms with van der Waals surface area (Å²) in [5.74, 6) is -0.0465. The van der Waals surface area contributed by atoms with Crippen LogP contribution in [0.4, 0.5) is 5.69 Å². The van der Waals surface area contributed by atoms with Crippen LogP contribution in [-0.4, -0.2) is 35.1 Å². The maximum absolute atomic E-state index is 12.9. The lowest BCUT2D eigenvalue weighted by molar-refractivity contribution is -0.133. The summed E-state index contributed by atoms with van der Waals surface area (Å²) in [5.41, 5.74) is 2.01. The van der Waals surface area contributed by atoms with Gasteiger partial charge in [-0.3, -0.25) is 9.59 Å². The van der Waals surface area contributed by atoms with E-state index in [-0.39, 0.29) is 23.0 Å². The van der Waals surface area contributed by atoms with Crippen molar-refractivity contribution in [2.75, 3.05) is 18.4 Å². The maximum Gasteiger partial charge on any atom is 0.235 e. The van der Waals surface area contributed by atoms with Gasteiger partial charge in [-0.25, -0.2) is 0 Å². The summed E-state index contributed by atoms with van der Waals surface area (Å²) in [4.78, 5) is 28.4. The average Bonchev–Trinajstić information content (AvgIpc) is 2.70. The minimum atomic E-state index is -0.163. The minimum absolute atomic E-state index is 0.00228. The highest BCUT2D eigenvalue weighted by atomic mass is 32.2. The highest BCUT2D eigenvalue weighted by Crippen LogP contribution is 2.27. The molecule has 0 aliphatic carbocycles. The fraction of sp³-hybridized carbons (Fsp3) is 0.364. The van der Waals surface area contributed by atoms with E-state index in [0.29, 0.717) is 6.54 Å². The van der Waals surface area contributed by atoms with Gasteiger partial charge in [0, 0.05) is 23.7 Å². The lowest BCUT2D eigenvalue weighted by Crippen LogP contribution is -2.46. The molecule has 2 aromatic carbocycles. The number of thioether (sulfide) groups is 1. The van der Waals surface area contributed by atoms with Gasteiger partial charge in [-0.2, -0.15) is 0 Å². The number of anilines is 1. The lowest BCUT2D eigenvalue weighted by Gasteiger charge is -2.33. The molecule has 1 N–H and O–H groups in total. The second-order valence-corrected chi connectivity index (χ2v) is 8.47. The quantitative estimate of drug-likeness (QED) is 0.782. The second kappa shape index (κ2) is 9.09. The van der Waals surface area contributed by atoms with E-state index >= 15 is 0 Å². The van der Waals surface area contributed by atoms with E-state index < -0.39 is 0 Å². The zero-order valence-corrected chi connectivity index (χ0v) is 16.7. The molecule has 1 saturated heterocycles. The predicted molar refractivity (Wildman–Crippen MR) is 111 cm³/mol. The Balaban J connectivity index is 1.57. The van der Waals surface area contributed by atoms with Crippen molar-refractivity contribution in [3.05, 3.63) is 60.2 Å². The Morgan fingerprint density at radius 3 is 2.52 bits per heavy atom. The van der Waals surface area contributed by atoms with Gasteiger partial charge in [-0.1, -0.05) is 35.9 Å². The molecule has 1 heterocycles. The number of likely N-dealkylation sites (tertiary alicyclic amines) is 1. The molecule has 4 nitrogen and oxygen atoms in total. The smallest absolute Gasteiger partial charge is 0.235 e. The van der Waals surface area contributed by atoms with E-state index in [1.165, 1.54) is 5.56 Å². The van der Waals surface area contributed by atoms with Crippen molar-refractivity contribution in [2.45, 2.75) is 36.8 Å². The van der Waals surface area contributed by atoms with Gasteiger partial charge in [0.05, 0.1) is 11.2 Å². The van der Waals surface area contributed by atoms with Crippen molar-refractivity contribution in [2.24, 2.45) is 5.92 Å². The Bertz CT molecular complexity index is 777. The Labute approximate surface area is 165 Å². The summed E-state index contributed by atoms with van der Waals surface area (Å²) in [6, 6.07) is 17.7. The second-order valence-electron chi connectivity index (χ2n) is 7.05. The molecule has 0 bridgehead atoms. The molecule has 1 aliphatic rings. The van der Waals surface area contributed by atoms with Crippen LogP contribution >= 0.6 is 11.8 Å². The molecule has 27 heavy (non-hydrogen) atoms.